The molecule has 6 aliphatic rings. The molecule has 1 saturated carbocycles. The first kappa shape index (κ1) is 35.1. The Morgan fingerprint density at radius 1 is 0.959 bits per heavy atom. The Labute approximate surface area is 291 Å². The third-order valence-corrected chi connectivity index (χ3v) is 10.1. The number of aliphatic imine (C=N–C) groups is 2. The van der Waals surface area contributed by atoms with Gasteiger partial charge in [-0.15, -0.1) is 0 Å². The molecule has 1 saturated heterocycles. The second-order valence-electron chi connectivity index (χ2n) is 16.2. The highest BCUT2D eigenvalue weighted by Crippen LogP contribution is 2.57. The van der Waals surface area contributed by atoms with Gasteiger partial charge >= 0.3 is 12.2 Å². The van der Waals surface area contributed by atoms with Crippen LogP contribution in [0.25, 0.3) is 0 Å². The van der Waals surface area contributed by atoms with Gasteiger partial charge in [-0.25, -0.2) is 9.59 Å². The summed E-state index contributed by atoms with van der Waals surface area (Å²) in [6.07, 6.45) is 17.4. The first-order valence-electron chi connectivity index (χ1n) is 18.1. The summed E-state index contributed by atoms with van der Waals surface area (Å²) in [5.41, 5.74) is 3.74. The average molecular weight is 672 g/mol. The van der Waals surface area contributed by atoms with Crippen molar-refractivity contribution in [3.63, 3.8) is 0 Å². The normalized spacial score (nSPS) is 25.0. The summed E-state index contributed by atoms with van der Waals surface area (Å²) in [5.74, 6) is 0.153. The Bertz CT molecular complexity index is 1570. The number of likely N-dealkylation sites (tertiary alicyclic amines) is 1. The van der Waals surface area contributed by atoms with Crippen LogP contribution in [0.1, 0.15) is 99.3 Å². The van der Waals surface area contributed by atoms with Gasteiger partial charge in [0.25, 0.3) is 0 Å². The number of unbranched alkanes of at least 4 members (excludes halogenated alkanes) is 1. The molecular weight excluding hydrogens is 618 g/mol. The van der Waals surface area contributed by atoms with E-state index in [2.05, 4.69) is 17.1 Å². The van der Waals surface area contributed by atoms with E-state index in [0.717, 1.165) is 84.6 Å². The lowest BCUT2D eigenvalue weighted by molar-refractivity contribution is -0.137. The Hall–Kier alpha value is -3.79. The van der Waals surface area contributed by atoms with Crippen molar-refractivity contribution in [1.82, 2.24) is 14.7 Å². The number of piperidine rings is 1. The van der Waals surface area contributed by atoms with Crippen molar-refractivity contribution in [2.75, 3.05) is 33.2 Å². The van der Waals surface area contributed by atoms with Crippen LogP contribution >= 0.6 is 0 Å². The quantitative estimate of drug-likeness (QED) is 0.275. The van der Waals surface area contributed by atoms with Gasteiger partial charge < -0.3 is 19.3 Å². The molecule has 0 radical (unpaired) electrons. The van der Waals surface area contributed by atoms with E-state index in [4.69, 9.17) is 19.5 Å². The number of imide groups is 1. The molecule has 10 nitrogen and oxygen atoms in total. The zero-order valence-corrected chi connectivity index (χ0v) is 30.4. The van der Waals surface area contributed by atoms with Crippen molar-refractivity contribution in [1.29, 1.82) is 0 Å². The molecule has 1 spiro atoms. The highest BCUT2D eigenvalue weighted by molar-refractivity contribution is 6.08. The van der Waals surface area contributed by atoms with Crippen LogP contribution < -0.4 is 0 Å². The molecule has 0 N–H and O–H groups in total. The van der Waals surface area contributed by atoms with Crippen LogP contribution in [-0.4, -0.2) is 95.2 Å². The van der Waals surface area contributed by atoms with Gasteiger partial charge in [0.2, 0.25) is 5.91 Å². The summed E-state index contributed by atoms with van der Waals surface area (Å²) in [5, 5.41) is 0. The van der Waals surface area contributed by atoms with Crippen molar-refractivity contribution in [3.8, 4) is 0 Å². The predicted octanol–water partition coefficient (Wildman–Crippen LogP) is 7.30. The summed E-state index contributed by atoms with van der Waals surface area (Å²) in [4.78, 5) is 56.3. The first-order chi connectivity index (χ1) is 23.2. The first-order valence-corrected chi connectivity index (χ1v) is 18.1. The summed E-state index contributed by atoms with van der Waals surface area (Å²) in [6.45, 7) is 14.4. The maximum Gasteiger partial charge on any atom is 0.424 e. The zero-order valence-electron chi connectivity index (χ0n) is 30.4. The third-order valence-electron chi connectivity index (χ3n) is 10.1. The summed E-state index contributed by atoms with van der Waals surface area (Å²) < 4.78 is 11.6. The standard InChI is InChI=1S/C39H53N5O5/c1-37(2,3)48-35(46)44(36(47)49-38(4,5)6)31-23-27(24-40-30(31)14-9-12-21-43-19-10-8-11-20-43)26-15-16-29-28(22-26)33-32(25-41-29)42(7)34(45)39(33)17-13-18-39/h15-16,22-23,25,29H,8-14,17-21,24H2,1-7H3. The van der Waals surface area contributed by atoms with Crippen LogP contribution in [0.5, 0.6) is 0 Å². The number of nitrogens with zero attached hydrogens (tertiary/aromatic N) is 5. The zero-order chi connectivity index (χ0) is 35.1. The fourth-order valence-electron chi connectivity index (χ4n) is 7.65. The van der Waals surface area contributed by atoms with Crippen LogP contribution in [0.3, 0.4) is 0 Å². The van der Waals surface area contributed by atoms with Crippen LogP contribution in [-0.2, 0) is 14.3 Å². The van der Waals surface area contributed by atoms with Crippen molar-refractivity contribution in [3.05, 3.63) is 58.0 Å². The minimum Gasteiger partial charge on any atom is -0.443 e. The monoisotopic (exact) mass is 671 g/mol. The molecule has 264 valence electrons. The highest BCUT2D eigenvalue weighted by Gasteiger charge is 2.57. The molecule has 1 unspecified atom stereocenters. The molecule has 0 bridgehead atoms. The number of fused-ring (bicyclic) bond motifs is 3. The molecular formula is C39H53N5O5. The number of allylic oxidation sites excluding steroid dienone is 5. The number of carbonyl (C=O) groups is 3. The number of hydrogen-bond donors (Lipinski definition) is 0. The second-order valence-corrected chi connectivity index (χ2v) is 16.2. The Kier molecular flexibility index (Phi) is 9.65. The van der Waals surface area contributed by atoms with Gasteiger partial charge in [-0.3, -0.25) is 14.8 Å². The lowest BCUT2D eigenvalue weighted by Gasteiger charge is -2.40. The summed E-state index contributed by atoms with van der Waals surface area (Å²) >= 11 is 0. The molecule has 3 amide bonds. The predicted molar refractivity (Wildman–Crippen MR) is 191 cm³/mol. The van der Waals surface area contributed by atoms with Crippen molar-refractivity contribution in [2.24, 2.45) is 15.4 Å². The molecule has 6 rings (SSSR count). The van der Waals surface area contributed by atoms with Gasteiger partial charge in [-0.1, -0.05) is 25.0 Å². The van der Waals surface area contributed by atoms with Gasteiger partial charge in [0.15, 0.2) is 0 Å². The lowest BCUT2D eigenvalue weighted by Crippen LogP contribution is -2.45. The van der Waals surface area contributed by atoms with Crippen LogP contribution in [0, 0.1) is 5.41 Å². The second kappa shape index (κ2) is 13.5. The van der Waals surface area contributed by atoms with Gasteiger partial charge in [0.05, 0.1) is 35.1 Å². The van der Waals surface area contributed by atoms with Crippen LogP contribution in [0.15, 0.2) is 68.0 Å². The average Bonchev–Trinajstić information content (AvgIpc) is 3.25. The molecule has 0 aromatic rings. The Morgan fingerprint density at radius 3 is 2.24 bits per heavy atom. The van der Waals surface area contributed by atoms with Gasteiger partial charge in [-0.05, 0) is 141 Å². The Morgan fingerprint density at radius 2 is 1.63 bits per heavy atom. The van der Waals surface area contributed by atoms with Gasteiger partial charge in [-0.2, -0.15) is 4.90 Å². The van der Waals surface area contributed by atoms with Crippen molar-refractivity contribution >= 4 is 30.0 Å². The molecule has 2 aliphatic carbocycles. The van der Waals surface area contributed by atoms with Crippen LogP contribution in [0.4, 0.5) is 9.59 Å². The lowest BCUT2D eigenvalue weighted by atomic mass is 9.61. The fourth-order valence-corrected chi connectivity index (χ4v) is 7.65. The molecule has 4 heterocycles. The number of rotatable bonds is 6. The fraction of sp³-hybridized carbons (Fsp3) is 0.615. The van der Waals surface area contributed by atoms with E-state index in [1.807, 2.05) is 25.4 Å². The van der Waals surface area contributed by atoms with E-state index in [-0.39, 0.29) is 11.9 Å². The van der Waals surface area contributed by atoms with Crippen LogP contribution in [0.2, 0.25) is 0 Å². The maximum atomic E-state index is 13.8. The molecule has 0 aromatic carbocycles. The smallest absolute Gasteiger partial charge is 0.424 e. The van der Waals surface area contributed by atoms with Gasteiger partial charge in [0, 0.05) is 13.3 Å². The maximum absolute atomic E-state index is 13.8. The van der Waals surface area contributed by atoms with Gasteiger partial charge in [0.1, 0.15) is 11.2 Å². The van der Waals surface area contributed by atoms with Crippen molar-refractivity contribution < 1.29 is 23.9 Å². The molecule has 2 fully saturated rings. The summed E-state index contributed by atoms with van der Waals surface area (Å²) in [6, 6.07) is -0.161. The molecule has 1 atom stereocenters. The third kappa shape index (κ3) is 7.25. The number of hydrogen-bond acceptors (Lipinski definition) is 8. The number of dihydropyridines is 2. The molecule has 4 aliphatic heterocycles. The minimum atomic E-state index is -0.832. The number of carbonyl (C=O) groups excluding carboxylic acids is 3. The topological polar surface area (TPSA) is 104 Å². The molecule has 0 aromatic heterocycles. The number of ether oxygens (including phenoxy) is 2. The summed E-state index contributed by atoms with van der Waals surface area (Å²) in [7, 11) is 1.84. The minimum absolute atomic E-state index is 0.153. The highest BCUT2D eigenvalue weighted by atomic mass is 16.6. The van der Waals surface area contributed by atoms with E-state index in [0.29, 0.717) is 24.4 Å². The van der Waals surface area contributed by atoms with E-state index in [1.165, 1.54) is 19.3 Å². The van der Waals surface area contributed by atoms with E-state index in [9.17, 15) is 14.4 Å². The largest absolute Gasteiger partial charge is 0.443 e. The molecule has 10 heteroatoms. The number of amides is 3. The Balaban J connectivity index is 1.36. The van der Waals surface area contributed by atoms with Crippen molar-refractivity contribution in [2.45, 2.75) is 117 Å². The van der Waals surface area contributed by atoms with E-state index < -0.39 is 28.8 Å². The molecule has 49 heavy (non-hydrogen) atoms. The van der Waals surface area contributed by atoms with E-state index in [1.54, 1.807) is 46.4 Å². The van der Waals surface area contributed by atoms with E-state index >= 15 is 0 Å². The SMILES string of the molecule is CN1C(=O)C2(CCC2)C2=C1C=NC1C=CC(=C3C=C(N(C(=O)OC(C)(C)C)C(=O)OC(C)(C)C)C(CCCCN4CCCCC4)=NC3)C=C21.